The first-order valence-electron chi connectivity index (χ1n) is 16.2. The summed E-state index contributed by atoms with van der Waals surface area (Å²) in [7, 11) is 0. The van der Waals surface area contributed by atoms with Crippen LogP contribution in [0.4, 0.5) is 9.59 Å². The summed E-state index contributed by atoms with van der Waals surface area (Å²) in [6.45, 7) is 17.9. The van der Waals surface area contributed by atoms with E-state index in [-0.39, 0.29) is 45.7 Å². The van der Waals surface area contributed by atoms with Crippen molar-refractivity contribution in [1.29, 1.82) is 0 Å². The average molecular weight is 580 g/mol. The number of nitrogens with zero attached hydrogens (tertiary/aromatic N) is 3. The van der Waals surface area contributed by atoms with Gasteiger partial charge in [-0.25, -0.2) is 19.4 Å². The van der Waals surface area contributed by atoms with Gasteiger partial charge < -0.3 is 9.64 Å². The van der Waals surface area contributed by atoms with E-state index in [1.807, 2.05) is 13.8 Å². The molecule has 2 rings (SSSR count). The first-order chi connectivity index (χ1) is 19.3. The van der Waals surface area contributed by atoms with E-state index >= 15 is 0 Å². The number of quaternary nitrogens is 1. The van der Waals surface area contributed by atoms with Crippen molar-refractivity contribution in [2.24, 2.45) is 10.8 Å². The van der Waals surface area contributed by atoms with E-state index < -0.39 is 0 Å². The number of urea groups is 2. The minimum atomic E-state index is -0.147. The van der Waals surface area contributed by atoms with E-state index in [1.54, 1.807) is 4.90 Å². The SMILES string of the molecule is CCN1CC(=O)N(CCCCC(C)(C)CCCCOCCCCC(C)(C)CCCC[N+]2(CC)CC(=O)NC2=O)C1=O. The topological polar surface area (TPSA) is 96.0 Å². The summed E-state index contributed by atoms with van der Waals surface area (Å²) in [5.74, 6) is -0.209. The van der Waals surface area contributed by atoms with Gasteiger partial charge in [0.15, 0.2) is 6.54 Å². The van der Waals surface area contributed by atoms with Crippen molar-refractivity contribution in [2.45, 2.75) is 119 Å². The van der Waals surface area contributed by atoms with E-state index in [4.69, 9.17) is 4.74 Å². The number of ether oxygens (including phenoxy) is 1. The quantitative estimate of drug-likeness (QED) is 0.0949. The summed E-state index contributed by atoms with van der Waals surface area (Å²) in [6, 6.07) is -0.264. The van der Waals surface area contributed by atoms with E-state index in [1.165, 1.54) is 11.3 Å². The Kier molecular flexibility index (Phi) is 14.2. The first kappa shape index (κ1) is 35.2. The van der Waals surface area contributed by atoms with Crippen molar-refractivity contribution in [1.82, 2.24) is 15.1 Å². The lowest BCUT2D eigenvalue weighted by molar-refractivity contribution is -0.835. The van der Waals surface area contributed by atoms with E-state index in [0.717, 1.165) is 90.4 Å². The van der Waals surface area contributed by atoms with Gasteiger partial charge >= 0.3 is 12.1 Å². The number of hydrogen-bond donors (Lipinski definition) is 1. The van der Waals surface area contributed by atoms with Gasteiger partial charge in [-0.05, 0) is 82.5 Å². The fourth-order valence-electron chi connectivity index (χ4n) is 6.14. The Labute approximate surface area is 249 Å². The maximum atomic E-state index is 12.2. The van der Waals surface area contributed by atoms with E-state index in [9.17, 15) is 19.2 Å². The molecule has 236 valence electrons. The Morgan fingerprint density at radius 3 is 1.78 bits per heavy atom. The molecule has 1 atom stereocenters. The van der Waals surface area contributed by atoms with Crippen LogP contribution in [0.3, 0.4) is 0 Å². The minimum Gasteiger partial charge on any atom is -0.381 e. The molecular weight excluding hydrogens is 520 g/mol. The van der Waals surface area contributed by atoms with Crippen molar-refractivity contribution >= 4 is 23.9 Å². The lowest BCUT2D eigenvalue weighted by Gasteiger charge is -2.29. The maximum absolute atomic E-state index is 12.2. The molecule has 0 aliphatic carbocycles. The summed E-state index contributed by atoms with van der Waals surface area (Å²) in [4.78, 5) is 51.1. The Bertz CT molecular complexity index is 874. The lowest BCUT2D eigenvalue weighted by atomic mass is 9.82. The average Bonchev–Trinajstić information content (AvgIpc) is 3.36. The van der Waals surface area contributed by atoms with Crippen LogP contribution in [0, 0.1) is 10.8 Å². The maximum Gasteiger partial charge on any atom is 0.423 e. The molecule has 2 heterocycles. The number of carbonyl (C=O) groups excluding carboxylic acids is 4. The second kappa shape index (κ2) is 16.6. The summed E-state index contributed by atoms with van der Waals surface area (Å²) < 4.78 is 6.17. The fraction of sp³-hybridized carbons (Fsp3) is 0.875. The third kappa shape index (κ3) is 11.7. The standard InChI is InChI=1S/C32H58N4O5/c1-7-34-25-28(38)35(30(34)40)21-13-9-17-31(3,4)19-11-15-23-41-24-16-12-20-32(5,6)18-10-14-22-36(8-2)26-27(37)33-29(36)39/h7-26H2,1-6H3/p+1. The van der Waals surface area contributed by atoms with Gasteiger partial charge in [-0.3, -0.25) is 14.5 Å². The summed E-state index contributed by atoms with van der Waals surface area (Å²) in [5.41, 5.74) is 0.540. The highest BCUT2D eigenvalue weighted by atomic mass is 16.5. The predicted molar refractivity (Wildman–Crippen MR) is 162 cm³/mol. The molecule has 0 aromatic rings. The molecule has 2 saturated heterocycles. The number of imide groups is 2. The highest BCUT2D eigenvalue weighted by Gasteiger charge is 2.44. The predicted octanol–water partition coefficient (Wildman–Crippen LogP) is 6.11. The number of likely N-dealkylation sites (N-methyl/N-ethyl adjacent to an activating group) is 2. The van der Waals surface area contributed by atoms with Gasteiger partial charge in [-0.1, -0.05) is 47.0 Å². The van der Waals surface area contributed by atoms with Crippen LogP contribution in [0.15, 0.2) is 0 Å². The smallest absolute Gasteiger partial charge is 0.381 e. The largest absolute Gasteiger partial charge is 0.423 e. The zero-order chi connectivity index (χ0) is 30.5. The Hall–Kier alpha value is -2.00. The third-order valence-electron chi connectivity index (χ3n) is 9.20. The van der Waals surface area contributed by atoms with Crippen molar-refractivity contribution in [3.8, 4) is 0 Å². The molecule has 41 heavy (non-hydrogen) atoms. The molecule has 2 fully saturated rings. The van der Waals surface area contributed by atoms with Gasteiger partial charge in [-0.15, -0.1) is 0 Å². The summed E-state index contributed by atoms with van der Waals surface area (Å²) >= 11 is 0. The molecule has 1 unspecified atom stereocenters. The van der Waals surface area contributed by atoms with Crippen LogP contribution in [-0.2, 0) is 14.3 Å². The van der Waals surface area contributed by atoms with Gasteiger partial charge in [0, 0.05) is 26.3 Å². The molecule has 1 N–H and O–H groups in total. The third-order valence-corrected chi connectivity index (χ3v) is 9.20. The van der Waals surface area contributed by atoms with Crippen LogP contribution < -0.4 is 5.32 Å². The van der Waals surface area contributed by atoms with Gasteiger partial charge in [0.1, 0.15) is 6.54 Å². The van der Waals surface area contributed by atoms with Crippen LogP contribution in [0.5, 0.6) is 0 Å². The van der Waals surface area contributed by atoms with Crippen LogP contribution in [0.25, 0.3) is 0 Å². The van der Waals surface area contributed by atoms with Crippen molar-refractivity contribution in [3.63, 3.8) is 0 Å². The van der Waals surface area contributed by atoms with E-state index in [0.29, 0.717) is 26.2 Å². The Morgan fingerprint density at radius 1 is 0.780 bits per heavy atom. The highest BCUT2D eigenvalue weighted by molar-refractivity contribution is 6.02. The second-order valence-electron chi connectivity index (χ2n) is 13.8. The van der Waals surface area contributed by atoms with Gasteiger partial charge in [0.05, 0.1) is 13.1 Å². The van der Waals surface area contributed by atoms with Crippen molar-refractivity contribution in [2.75, 3.05) is 52.5 Å². The normalized spacial score (nSPS) is 20.0. The molecule has 0 saturated carbocycles. The minimum absolute atomic E-state index is 0.0628. The van der Waals surface area contributed by atoms with Crippen molar-refractivity contribution < 1.29 is 28.4 Å². The second-order valence-corrected chi connectivity index (χ2v) is 13.8. The number of hydrogen-bond acceptors (Lipinski definition) is 5. The number of unbranched alkanes of at least 4 members (excludes halogenated alkanes) is 4. The van der Waals surface area contributed by atoms with Gasteiger partial charge in [-0.2, -0.15) is 0 Å². The molecular formula is C32H59N4O5+. The summed E-state index contributed by atoms with van der Waals surface area (Å²) in [6.07, 6.45) is 13.0. The zero-order valence-electron chi connectivity index (χ0n) is 27.0. The van der Waals surface area contributed by atoms with Crippen LogP contribution in [-0.4, -0.2) is 90.6 Å². The molecule has 2 aliphatic heterocycles. The monoisotopic (exact) mass is 579 g/mol. The Morgan fingerprint density at radius 2 is 1.32 bits per heavy atom. The summed E-state index contributed by atoms with van der Waals surface area (Å²) in [5, 5.41) is 2.46. The molecule has 9 heteroatoms. The molecule has 0 aromatic carbocycles. The van der Waals surface area contributed by atoms with Crippen LogP contribution in [0.2, 0.25) is 0 Å². The Balaban J connectivity index is 1.45. The number of nitrogens with one attached hydrogen (secondary N) is 1. The van der Waals surface area contributed by atoms with Crippen LogP contribution >= 0.6 is 0 Å². The molecule has 0 spiro atoms. The highest BCUT2D eigenvalue weighted by Crippen LogP contribution is 2.31. The van der Waals surface area contributed by atoms with Crippen LogP contribution in [0.1, 0.15) is 119 Å². The van der Waals surface area contributed by atoms with Crippen molar-refractivity contribution in [3.05, 3.63) is 0 Å². The zero-order valence-corrected chi connectivity index (χ0v) is 27.0. The molecule has 0 radical (unpaired) electrons. The lowest BCUT2D eigenvalue weighted by Crippen LogP contribution is -2.50. The van der Waals surface area contributed by atoms with Gasteiger partial charge in [0.25, 0.3) is 5.91 Å². The molecule has 6 amide bonds. The molecule has 0 bridgehead atoms. The van der Waals surface area contributed by atoms with E-state index in [2.05, 4.69) is 33.0 Å². The fourth-order valence-corrected chi connectivity index (χ4v) is 6.14. The number of amides is 6. The molecule has 9 nitrogen and oxygen atoms in total. The number of rotatable bonds is 22. The number of carbonyl (C=O) groups is 4. The van der Waals surface area contributed by atoms with Gasteiger partial charge in [0.2, 0.25) is 5.91 Å². The first-order valence-corrected chi connectivity index (χ1v) is 16.2. The molecule has 0 aromatic heterocycles. The molecule has 2 aliphatic rings.